The van der Waals surface area contributed by atoms with Crippen molar-refractivity contribution in [3.8, 4) is 5.75 Å². The Morgan fingerprint density at radius 3 is 2.33 bits per heavy atom. The number of carboxylic acid groups (broad SMARTS) is 1. The van der Waals surface area contributed by atoms with Gasteiger partial charge in [0.15, 0.2) is 0 Å². The second-order valence-electron chi connectivity index (χ2n) is 5.99. The number of hydrogen-bond acceptors (Lipinski definition) is 2. The molecule has 0 aliphatic rings. The fourth-order valence-electron chi connectivity index (χ4n) is 1.98. The molecule has 0 aromatic heterocycles. The predicted octanol–water partition coefficient (Wildman–Crippen LogP) is 3.26. The molecule has 0 aliphatic carbocycles. The highest BCUT2D eigenvalue weighted by Gasteiger charge is 2.21. The lowest BCUT2D eigenvalue weighted by molar-refractivity contribution is -0.141. The Kier molecular flexibility index (Phi) is 4.05. The van der Waals surface area contributed by atoms with Gasteiger partial charge in [0.2, 0.25) is 0 Å². The number of aliphatic carboxylic acids is 1. The number of aryl methyl sites for hydroxylation is 1. The number of phenolic OH excluding ortho intramolecular Hbond substituents is 1. The number of phenols is 1. The number of carboxylic acids is 1. The summed E-state index contributed by atoms with van der Waals surface area (Å²) in [6.07, 6.45) is 0.491. The fourth-order valence-corrected chi connectivity index (χ4v) is 1.98. The van der Waals surface area contributed by atoms with E-state index in [9.17, 15) is 9.90 Å². The molecule has 3 nitrogen and oxygen atoms in total. The van der Waals surface area contributed by atoms with Gasteiger partial charge in [-0.25, -0.2) is 0 Å². The molecular weight excluding hydrogens is 228 g/mol. The molecule has 1 rings (SSSR count). The Morgan fingerprint density at radius 1 is 1.33 bits per heavy atom. The predicted molar refractivity (Wildman–Crippen MR) is 72.0 cm³/mol. The van der Waals surface area contributed by atoms with Crippen LogP contribution in [0, 0.1) is 12.8 Å². The maximum absolute atomic E-state index is 10.9. The normalized spacial score (nSPS) is 13.4. The summed E-state index contributed by atoms with van der Waals surface area (Å²) < 4.78 is 0. The topological polar surface area (TPSA) is 57.5 Å². The second kappa shape index (κ2) is 5.01. The number of aromatic hydroxyl groups is 1. The van der Waals surface area contributed by atoms with Gasteiger partial charge in [0.1, 0.15) is 5.75 Å². The number of carbonyl (C=O) groups is 1. The molecule has 18 heavy (non-hydrogen) atoms. The summed E-state index contributed by atoms with van der Waals surface area (Å²) in [5, 5.41) is 18.9. The first-order valence-electron chi connectivity index (χ1n) is 6.18. The highest BCUT2D eigenvalue weighted by molar-refractivity contribution is 5.70. The summed E-state index contributed by atoms with van der Waals surface area (Å²) in [5.74, 6) is -0.924. The van der Waals surface area contributed by atoms with E-state index in [0.717, 1.165) is 16.7 Å². The van der Waals surface area contributed by atoms with Crippen LogP contribution < -0.4 is 0 Å². The van der Waals surface area contributed by atoms with Crippen LogP contribution in [0.25, 0.3) is 0 Å². The van der Waals surface area contributed by atoms with Crippen LogP contribution in [0.1, 0.15) is 44.4 Å². The van der Waals surface area contributed by atoms with Gasteiger partial charge in [-0.05, 0) is 41.5 Å². The first-order valence-corrected chi connectivity index (χ1v) is 6.18. The summed E-state index contributed by atoms with van der Waals surface area (Å²) in [6, 6.07) is 3.66. The Bertz CT molecular complexity index is 456. The van der Waals surface area contributed by atoms with Crippen LogP contribution in [0.3, 0.4) is 0 Å². The summed E-state index contributed by atoms with van der Waals surface area (Å²) in [6.45, 7) is 9.69. The van der Waals surface area contributed by atoms with Gasteiger partial charge in [0.05, 0.1) is 5.92 Å². The second-order valence-corrected chi connectivity index (χ2v) is 5.99. The molecule has 1 unspecified atom stereocenters. The molecule has 0 saturated carbocycles. The Balaban J connectivity index is 3.17. The maximum Gasteiger partial charge on any atom is 0.306 e. The zero-order valence-electron chi connectivity index (χ0n) is 11.7. The van der Waals surface area contributed by atoms with E-state index in [1.165, 1.54) is 0 Å². The molecule has 0 spiro atoms. The molecule has 0 heterocycles. The van der Waals surface area contributed by atoms with Crippen molar-refractivity contribution >= 4 is 5.97 Å². The van der Waals surface area contributed by atoms with E-state index in [2.05, 4.69) is 0 Å². The van der Waals surface area contributed by atoms with Crippen LogP contribution in [0.2, 0.25) is 0 Å². The third kappa shape index (κ3) is 3.25. The molecule has 0 bridgehead atoms. The lowest BCUT2D eigenvalue weighted by Crippen LogP contribution is -2.15. The van der Waals surface area contributed by atoms with Crippen molar-refractivity contribution in [1.29, 1.82) is 0 Å². The van der Waals surface area contributed by atoms with E-state index in [0.29, 0.717) is 6.42 Å². The number of rotatable bonds is 3. The van der Waals surface area contributed by atoms with Crippen molar-refractivity contribution in [3.05, 3.63) is 28.8 Å². The fraction of sp³-hybridized carbons (Fsp3) is 0.533. The first kappa shape index (κ1) is 14.6. The van der Waals surface area contributed by atoms with Gasteiger partial charge < -0.3 is 10.2 Å². The third-order valence-corrected chi connectivity index (χ3v) is 3.21. The Morgan fingerprint density at radius 2 is 1.89 bits per heavy atom. The van der Waals surface area contributed by atoms with Gasteiger partial charge in [0.25, 0.3) is 0 Å². The van der Waals surface area contributed by atoms with E-state index >= 15 is 0 Å². The lowest BCUT2D eigenvalue weighted by atomic mass is 9.83. The monoisotopic (exact) mass is 250 g/mol. The maximum atomic E-state index is 10.9. The highest BCUT2D eigenvalue weighted by atomic mass is 16.4. The van der Waals surface area contributed by atoms with Crippen molar-refractivity contribution < 1.29 is 15.0 Å². The van der Waals surface area contributed by atoms with Gasteiger partial charge in [0, 0.05) is 0 Å². The quantitative estimate of drug-likeness (QED) is 0.865. The highest BCUT2D eigenvalue weighted by Crippen LogP contribution is 2.33. The first-order chi connectivity index (χ1) is 8.12. The molecule has 1 aromatic rings. The van der Waals surface area contributed by atoms with E-state index in [1.54, 1.807) is 13.0 Å². The Hall–Kier alpha value is -1.51. The molecule has 1 aromatic carbocycles. The van der Waals surface area contributed by atoms with Crippen molar-refractivity contribution in [2.45, 2.75) is 46.5 Å². The average Bonchev–Trinajstić information content (AvgIpc) is 2.19. The van der Waals surface area contributed by atoms with Crippen molar-refractivity contribution in [3.63, 3.8) is 0 Å². The van der Waals surface area contributed by atoms with Crippen LogP contribution in [0.5, 0.6) is 5.75 Å². The van der Waals surface area contributed by atoms with E-state index in [4.69, 9.17) is 5.11 Å². The number of hydrogen-bond donors (Lipinski definition) is 2. The molecule has 3 heteroatoms. The van der Waals surface area contributed by atoms with Gasteiger partial charge in [-0.15, -0.1) is 0 Å². The SMILES string of the molecule is Cc1cc(O)c(C(C)(C)C)cc1CC(C)C(=O)O. The summed E-state index contributed by atoms with van der Waals surface area (Å²) in [4.78, 5) is 10.9. The molecule has 0 radical (unpaired) electrons. The van der Waals surface area contributed by atoms with Crippen molar-refractivity contribution in [1.82, 2.24) is 0 Å². The zero-order chi connectivity index (χ0) is 14.1. The van der Waals surface area contributed by atoms with E-state index < -0.39 is 11.9 Å². The van der Waals surface area contributed by atoms with Crippen molar-refractivity contribution in [2.24, 2.45) is 5.92 Å². The minimum atomic E-state index is -0.792. The molecule has 0 fully saturated rings. The van der Waals surface area contributed by atoms with Gasteiger partial charge in [-0.3, -0.25) is 4.79 Å². The lowest BCUT2D eigenvalue weighted by Gasteiger charge is -2.23. The zero-order valence-corrected chi connectivity index (χ0v) is 11.7. The van der Waals surface area contributed by atoms with Gasteiger partial charge >= 0.3 is 5.97 Å². The minimum Gasteiger partial charge on any atom is -0.508 e. The van der Waals surface area contributed by atoms with Crippen LogP contribution in [-0.2, 0) is 16.6 Å². The average molecular weight is 250 g/mol. The van der Waals surface area contributed by atoms with Crippen LogP contribution in [0.4, 0.5) is 0 Å². The Labute approximate surface area is 108 Å². The summed E-state index contributed by atoms with van der Waals surface area (Å²) in [5.41, 5.74) is 2.64. The largest absolute Gasteiger partial charge is 0.508 e. The molecule has 0 aliphatic heterocycles. The van der Waals surface area contributed by atoms with E-state index in [-0.39, 0.29) is 11.2 Å². The standard InChI is InChI=1S/C15H22O3/c1-9-7-13(16)12(15(3,4)5)8-11(9)6-10(2)14(17)18/h7-8,10,16H,6H2,1-5H3,(H,17,18). The van der Waals surface area contributed by atoms with Gasteiger partial charge in [-0.2, -0.15) is 0 Å². The molecule has 2 N–H and O–H groups in total. The summed E-state index contributed by atoms with van der Waals surface area (Å²) in [7, 11) is 0. The van der Waals surface area contributed by atoms with Crippen molar-refractivity contribution in [2.75, 3.05) is 0 Å². The van der Waals surface area contributed by atoms with Crippen LogP contribution >= 0.6 is 0 Å². The molecular formula is C15H22O3. The number of benzene rings is 1. The van der Waals surface area contributed by atoms with Gasteiger partial charge in [-0.1, -0.05) is 33.8 Å². The smallest absolute Gasteiger partial charge is 0.306 e. The van der Waals surface area contributed by atoms with Crippen LogP contribution in [-0.4, -0.2) is 16.2 Å². The molecule has 0 saturated heterocycles. The minimum absolute atomic E-state index is 0.154. The molecule has 100 valence electrons. The molecule has 1 atom stereocenters. The third-order valence-electron chi connectivity index (χ3n) is 3.21. The molecule has 0 amide bonds. The summed E-state index contributed by atoms with van der Waals surface area (Å²) >= 11 is 0. The van der Waals surface area contributed by atoms with E-state index in [1.807, 2.05) is 33.8 Å². The van der Waals surface area contributed by atoms with Crippen LogP contribution in [0.15, 0.2) is 12.1 Å².